The van der Waals surface area contributed by atoms with Gasteiger partial charge in [-0.25, -0.2) is 9.37 Å². The molecule has 0 radical (unpaired) electrons. The fourth-order valence-electron chi connectivity index (χ4n) is 2.83. The van der Waals surface area contributed by atoms with Crippen LogP contribution in [0.2, 0.25) is 0 Å². The summed E-state index contributed by atoms with van der Waals surface area (Å²) in [5, 5.41) is 18.6. The molecule has 24 heavy (non-hydrogen) atoms. The van der Waals surface area contributed by atoms with E-state index >= 15 is 0 Å². The summed E-state index contributed by atoms with van der Waals surface area (Å²) in [5.41, 5.74) is 1.40. The van der Waals surface area contributed by atoms with Crippen molar-refractivity contribution in [2.24, 2.45) is 0 Å². The monoisotopic (exact) mass is 385 g/mol. The second-order valence-corrected chi connectivity index (χ2v) is 6.31. The molecule has 1 aromatic heterocycles. The molecule has 2 heterocycles. The molecule has 0 bridgehead atoms. The molecule has 0 aliphatic carbocycles. The Kier molecular flexibility index (Phi) is 4.40. The fraction of sp³-hybridized carbons (Fsp3) is 0.278. The van der Waals surface area contributed by atoms with E-state index in [1.165, 1.54) is 12.1 Å². The molecule has 0 amide bonds. The van der Waals surface area contributed by atoms with E-state index in [4.69, 9.17) is 6.63 Å². The van der Waals surface area contributed by atoms with E-state index in [0.29, 0.717) is 40.1 Å². The van der Waals surface area contributed by atoms with Crippen LogP contribution in [-0.2, 0) is 0 Å². The molecule has 1 saturated heterocycles. The van der Waals surface area contributed by atoms with Crippen LogP contribution in [0.25, 0.3) is 11.1 Å². The molecular weight excluding hydrogens is 371 g/mol. The smallest absolute Gasteiger partial charge is 0.147 e. The van der Waals surface area contributed by atoms with Gasteiger partial charge in [-0.15, -0.1) is 0 Å². The molecule has 0 N–H and O–H groups in total. The van der Waals surface area contributed by atoms with Gasteiger partial charge in [0.25, 0.3) is 0 Å². The zero-order chi connectivity index (χ0) is 18.0. The van der Waals surface area contributed by atoms with Gasteiger partial charge in [0, 0.05) is 30.7 Å². The number of pyridine rings is 1. The van der Waals surface area contributed by atoms with Crippen molar-refractivity contribution in [3.05, 3.63) is 45.8 Å². The zero-order valence-corrected chi connectivity index (χ0v) is 14.3. The van der Waals surface area contributed by atoms with E-state index in [-0.39, 0.29) is 12.0 Å². The molecule has 4 nitrogen and oxygen atoms in total. The Morgan fingerprint density at radius 1 is 1.25 bits per heavy atom. The molecule has 2 aromatic rings. The van der Waals surface area contributed by atoms with Crippen LogP contribution < -0.4 is 4.90 Å². The summed E-state index contributed by atoms with van der Waals surface area (Å²) in [7, 11) is 0. The van der Waals surface area contributed by atoms with Crippen LogP contribution in [0.5, 0.6) is 0 Å². The summed E-state index contributed by atoms with van der Waals surface area (Å²) in [6, 6.07) is 8.28. The first-order valence-corrected chi connectivity index (χ1v) is 8.30. The van der Waals surface area contributed by atoms with Gasteiger partial charge < -0.3 is 4.90 Å². The number of hydrogen-bond donors (Lipinski definition) is 0. The Balaban J connectivity index is 2.11. The lowest BCUT2D eigenvalue weighted by atomic mass is 9.99. The highest BCUT2D eigenvalue weighted by molar-refractivity contribution is 9.10. The molecule has 3 rings (SSSR count). The molecule has 0 saturated carbocycles. The number of piperidine rings is 1. The number of rotatable bonds is 2. The summed E-state index contributed by atoms with van der Waals surface area (Å²) in [4.78, 5) is 6.39. The van der Waals surface area contributed by atoms with Crippen molar-refractivity contribution in [3.8, 4) is 23.3 Å². The fourth-order valence-corrected chi connectivity index (χ4v) is 3.36. The van der Waals surface area contributed by atoms with Gasteiger partial charge in [0.2, 0.25) is 0 Å². The highest BCUT2D eigenvalue weighted by atomic mass is 79.9. The minimum absolute atomic E-state index is 0.0369. The van der Waals surface area contributed by atoms with Crippen molar-refractivity contribution in [2.75, 3.05) is 18.0 Å². The Hall–Kier alpha value is -2.44. The van der Waals surface area contributed by atoms with Gasteiger partial charge in [0.15, 0.2) is 0 Å². The van der Waals surface area contributed by atoms with Crippen molar-refractivity contribution in [3.63, 3.8) is 0 Å². The maximum Gasteiger partial charge on any atom is 0.147 e. The second kappa shape index (κ2) is 6.98. The molecule has 1 aliphatic heterocycles. The van der Waals surface area contributed by atoms with Crippen LogP contribution in [0.15, 0.2) is 28.9 Å². The molecule has 1 fully saturated rings. The Morgan fingerprint density at radius 3 is 2.62 bits per heavy atom. The van der Waals surface area contributed by atoms with Crippen LogP contribution in [-0.4, -0.2) is 18.1 Å². The third kappa shape index (κ3) is 2.98. The first kappa shape index (κ1) is 15.1. The Labute approximate surface area is 149 Å². The van der Waals surface area contributed by atoms with Crippen LogP contribution in [0, 0.1) is 28.5 Å². The van der Waals surface area contributed by atoms with Gasteiger partial charge in [-0.2, -0.15) is 10.5 Å². The highest BCUT2D eigenvalue weighted by Crippen LogP contribution is 2.36. The Morgan fingerprint density at radius 2 is 2.00 bits per heavy atom. The van der Waals surface area contributed by atoms with E-state index in [1.54, 1.807) is 18.3 Å². The average molecular weight is 386 g/mol. The van der Waals surface area contributed by atoms with Gasteiger partial charge in [-0.05, 0) is 52.9 Å². The summed E-state index contributed by atoms with van der Waals surface area (Å²) < 4.78 is 22.4. The normalized spacial score (nSPS) is 15.5. The molecule has 1 aromatic carbocycles. The molecule has 0 unspecified atom stereocenters. The standard InChI is InChI=1S/C18H14BrFN4/c19-15-11-23-18(24-6-2-1-3-7-24)14(10-22)17(15)12-4-5-13(9-21)16(20)8-12/h4-5,8,11H,1-3,6-7H2/i1D. The minimum Gasteiger partial charge on any atom is -0.356 e. The first-order chi connectivity index (χ1) is 12.0. The van der Waals surface area contributed by atoms with Crippen molar-refractivity contribution in [2.45, 2.75) is 19.2 Å². The number of halogens is 2. The summed E-state index contributed by atoms with van der Waals surface area (Å²) in [6.45, 7) is 1.33. The van der Waals surface area contributed by atoms with E-state index in [1.807, 2.05) is 4.90 Å². The van der Waals surface area contributed by atoms with Crippen molar-refractivity contribution >= 4 is 21.7 Å². The third-order valence-electron chi connectivity index (χ3n) is 4.01. The first-order valence-electron chi connectivity index (χ1n) is 8.08. The van der Waals surface area contributed by atoms with Crippen molar-refractivity contribution in [1.29, 1.82) is 10.5 Å². The second-order valence-electron chi connectivity index (χ2n) is 5.45. The number of aromatic nitrogens is 1. The molecule has 1 aliphatic rings. The molecule has 120 valence electrons. The van der Waals surface area contributed by atoms with E-state index in [2.05, 4.69) is 27.0 Å². The number of anilines is 1. The number of benzene rings is 1. The maximum absolute atomic E-state index is 14.0. The van der Waals surface area contributed by atoms with Crippen LogP contribution in [0.3, 0.4) is 0 Å². The van der Waals surface area contributed by atoms with Crippen molar-refractivity contribution in [1.82, 2.24) is 4.98 Å². The lowest BCUT2D eigenvalue weighted by molar-refractivity contribution is 0.573. The molecule has 0 spiro atoms. The van der Waals surface area contributed by atoms with Gasteiger partial charge in [-0.1, -0.05) is 6.07 Å². The summed E-state index contributed by atoms with van der Waals surface area (Å²) in [6.07, 6.45) is 2.98. The van der Waals surface area contributed by atoms with E-state index in [0.717, 1.165) is 12.8 Å². The quantitative estimate of drug-likeness (QED) is 0.768. The van der Waals surface area contributed by atoms with Gasteiger partial charge >= 0.3 is 0 Å². The van der Waals surface area contributed by atoms with Crippen LogP contribution >= 0.6 is 15.9 Å². The average Bonchev–Trinajstić information content (AvgIpc) is 2.62. The van der Waals surface area contributed by atoms with Crippen LogP contribution in [0.1, 0.15) is 31.7 Å². The van der Waals surface area contributed by atoms with Gasteiger partial charge in [0.05, 0.1) is 5.56 Å². The van der Waals surface area contributed by atoms with Gasteiger partial charge in [-0.3, -0.25) is 0 Å². The molecular formula is C18H14BrFN4. The third-order valence-corrected chi connectivity index (χ3v) is 4.61. The lowest BCUT2D eigenvalue weighted by Gasteiger charge is -2.29. The van der Waals surface area contributed by atoms with Crippen molar-refractivity contribution < 1.29 is 5.76 Å². The number of nitrogens with zero attached hydrogens (tertiary/aromatic N) is 4. The van der Waals surface area contributed by atoms with E-state index in [9.17, 15) is 9.65 Å². The predicted octanol–water partition coefficient (Wildman–Crippen LogP) is 4.38. The highest BCUT2D eigenvalue weighted by Gasteiger charge is 2.21. The summed E-state index contributed by atoms with van der Waals surface area (Å²) in [5.74, 6) is -0.0680. The Bertz CT molecular complexity index is 895. The largest absolute Gasteiger partial charge is 0.356 e. The van der Waals surface area contributed by atoms with Gasteiger partial charge in [0.1, 0.15) is 29.3 Å². The predicted molar refractivity (Wildman–Crippen MR) is 92.8 cm³/mol. The zero-order valence-electron chi connectivity index (χ0n) is 13.8. The SMILES string of the molecule is [2H]C1CCN(c2ncc(Br)c(-c3ccc(C#N)c(F)c3)c2C#N)CC1. The maximum atomic E-state index is 14.0. The molecule has 0 atom stereocenters. The lowest BCUT2D eigenvalue weighted by Crippen LogP contribution is -2.31. The minimum atomic E-state index is -0.621. The number of hydrogen-bond acceptors (Lipinski definition) is 4. The topological polar surface area (TPSA) is 63.7 Å². The van der Waals surface area contributed by atoms with E-state index < -0.39 is 5.82 Å². The molecule has 6 heteroatoms. The van der Waals surface area contributed by atoms with Crippen LogP contribution in [0.4, 0.5) is 10.2 Å². The summed E-state index contributed by atoms with van der Waals surface area (Å²) >= 11 is 3.40. The number of nitriles is 2.